The molecule has 3 heterocycles. The van der Waals surface area contributed by atoms with E-state index >= 15 is 0 Å². The molecule has 13 heteroatoms. The largest absolute Gasteiger partial charge is 0.494 e. The molecule has 2 aliphatic rings. The Kier molecular flexibility index (Phi) is 10.7. The average molecular weight is 579 g/mol. The molecule has 11 nitrogen and oxygen atoms in total. The van der Waals surface area contributed by atoms with Crippen LogP contribution in [-0.4, -0.2) is 103 Å². The lowest BCUT2D eigenvalue weighted by molar-refractivity contribution is -0.111. The molecular formula is C26H39ClN8O3S. The zero-order valence-electron chi connectivity index (χ0n) is 23.2. The second-order valence-corrected chi connectivity index (χ2v) is 11.0. The Morgan fingerprint density at radius 2 is 1.90 bits per heavy atom. The van der Waals surface area contributed by atoms with E-state index in [1.54, 1.807) is 25.3 Å². The van der Waals surface area contributed by atoms with Crippen LogP contribution in [0.1, 0.15) is 12.8 Å². The fourth-order valence-corrected chi connectivity index (χ4v) is 5.64. The molecule has 2 aromatic rings. The van der Waals surface area contributed by atoms with E-state index in [9.17, 15) is 4.79 Å². The smallest absolute Gasteiger partial charge is 0.247 e. The van der Waals surface area contributed by atoms with Gasteiger partial charge in [-0.2, -0.15) is 4.98 Å². The molecule has 1 aromatic carbocycles. The fourth-order valence-electron chi connectivity index (χ4n) is 4.77. The van der Waals surface area contributed by atoms with Gasteiger partial charge in [0.15, 0.2) is 5.82 Å². The molecule has 2 saturated heterocycles. The molecule has 0 atom stereocenters. The van der Waals surface area contributed by atoms with Crippen molar-refractivity contribution in [1.82, 2.24) is 19.2 Å². The molecule has 4 rings (SSSR count). The number of carbonyl (C=O) groups excluding carboxylic acids is 1. The summed E-state index contributed by atoms with van der Waals surface area (Å²) in [7, 11) is 7.86. The van der Waals surface area contributed by atoms with Gasteiger partial charge in [0.25, 0.3) is 0 Å². The van der Waals surface area contributed by atoms with Crippen molar-refractivity contribution in [3.8, 4) is 5.75 Å². The molecule has 214 valence electrons. The number of nitrogens with one attached hydrogen (secondary N) is 2. The highest BCUT2D eigenvalue weighted by molar-refractivity contribution is 7.96. The Hall–Kier alpha value is -2.77. The molecule has 0 spiro atoms. The molecule has 1 aromatic heterocycles. The Morgan fingerprint density at radius 3 is 2.49 bits per heavy atom. The van der Waals surface area contributed by atoms with Crippen molar-refractivity contribution in [1.29, 1.82) is 0 Å². The summed E-state index contributed by atoms with van der Waals surface area (Å²) in [5, 5.41) is 6.73. The summed E-state index contributed by atoms with van der Waals surface area (Å²) in [5.74, 6) is 1.39. The van der Waals surface area contributed by atoms with Crippen molar-refractivity contribution in [2.75, 3.05) is 81.1 Å². The van der Waals surface area contributed by atoms with Crippen molar-refractivity contribution < 1.29 is 15.0 Å². The highest BCUT2D eigenvalue weighted by Crippen LogP contribution is 2.40. The highest BCUT2D eigenvalue weighted by atomic mass is 35.5. The fraction of sp³-hybridized carbons (Fsp3) is 0.500. The number of likely N-dealkylation sites (N-methyl/N-ethyl adjacent to an activating group) is 1. The third-order valence-electron chi connectivity index (χ3n) is 7.24. The Labute approximate surface area is 240 Å². The Balaban J connectivity index is 0.00000420. The number of carbonyl (C=O) groups is 1. The van der Waals surface area contributed by atoms with Crippen molar-refractivity contribution in [3.05, 3.63) is 36.0 Å². The zero-order valence-corrected chi connectivity index (χ0v) is 24.8. The summed E-state index contributed by atoms with van der Waals surface area (Å²) >= 11 is 8.21. The van der Waals surface area contributed by atoms with E-state index in [-0.39, 0.29) is 11.4 Å². The molecule has 4 N–H and O–H groups in total. The lowest BCUT2D eigenvalue weighted by Crippen LogP contribution is -2.55. The summed E-state index contributed by atoms with van der Waals surface area (Å²) in [4.78, 5) is 28.1. The lowest BCUT2D eigenvalue weighted by atomic mass is 10.0. The van der Waals surface area contributed by atoms with Gasteiger partial charge in [-0.25, -0.2) is 9.29 Å². The van der Waals surface area contributed by atoms with Crippen LogP contribution in [0.4, 0.5) is 28.8 Å². The lowest BCUT2D eigenvalue weighted by Gasteiger charge is -2.43. The Bertz CT molecular complexity index is 1160. The van der Waals surface area contributed by atoms with Gasteiger partial charge in [-0.3, -0.25) is 4.79 Å². The molecule has 39 heavy (non-hydrogen) atoms. The first-order valence-corrected chi connectivity index (χ1v) is 14.2. The molecule has 0 bridgehead atoms. The Morgan fingerprint density at radius 1 is 1.21 bits per heavy atom. The number of anilines is 5. The number of hydrogen-bond acceptors (Lipinski definition) is 10. The summed E-state index contributed by atoms with van der Waals surface area (Å²) in [6.07, 6.45) is 7.02. The van der Waals surface area contributed by atoms with Gasteiger partial charge in [-0.15, -0.1) is 0 Å². The third kappa shape index (κ3) is 7.06. The van der Waals surface area contributed by atoms with Crippen LogP contribution in [0.15, 0.2) is 31.0 Å². The van der Waals surface area contributed by atoms with Crippen molar-refractivity contribution >= 4 is 58.3 Å². The monoisotopic (exact) mass is 578 g/mol. The van der Waals surface area contributed by atoms with Gasteiger partial charge in [0.1, 0.15) is 10.8 Å². The SMILES string of the molecule is C=CC(=O)Nc1cc(Nc2ncc(Cl)c(N(C)C3CN(SC)C3)n2)c(OC)cc1N1CCC(N(C)C)CC1.O. The molecular weight excluding hydrogens is 540 g/mol. The van der Waals surface area contributed by atoms with E-state index in [0.717, 1.165) is 44.7 Å². The maximum atomic E-state index is 12.3. The molecule has 0 aliphatic carbocycles. The van der Waals surface area contributed by atoms with Crippen LogP contribution in [-0.2, 0) is 4.79 Å². The zero-order chi connectivity index (χ0) is 27.4. The topological polar surface area (TPSA) is 121 Å². The minimum Gasteiger partial charge on any atom is -0.494 e. The number of benzene rings is 1. The quantitative estimate of drug-likeness (QED) is 0.321. The first-order valence-electron chi connectivity index (χ1n) is 12.6. The van der Waals surface area contributed by atoms with E-state index in [1.807, 2.05) is 19.2 Å². The minimum absolute atomic E-state index is 0. The van der Waals surface area contributed by atoms with Crippen LogP contribution in [0.25, 0.3) is 0 Å². The number of hydrogen-bond donors (Lipinski definition) is 2. The number of ether oxygens (including phenoxy) is 1. The summed E-state index contributed by atoms with van der Waals surface area (Å²) < 4.78 is 8.04. The molecule has 0 saturated carbocycles. The van der Waals surface area contributed by atoms with Crippen LogP contribution in [0.5, 0.6) is 5.75 Å². The van der Waals surface area contributed by atoms with Crippen molar-refractivity contribution in [2.24, 2.45) is 0 Å². The van der Waals surface area contributed by atoms with Gasteiger partial charge in [0, 0.05) is 45.3 Å². The van der Waals surface area contributed by atoms with E-state index in [0.29, 0.717) is 46.0 Å². The van der Waals surface area contributed by atoms with E-state index < -0.39 is 0 Å². The van der Waals surface area contributed by atoms with E-state index in [2.05, 4.69) is 61.6 Å². The third-order valence-corrected chi connectivity index (χ3v) is 8.32. The molecule has 2 fully saturated rings. The van der Waals surface area contributed by atoms with Crippen LogP contribution >= 0.6 is 23.5 Å². The number of halogens is 1. The predicted octanol–water partition coefficient (Wildman–Crippen LogP) is 3.11. The van der Waals surface area contributed by atoms with Gasteiger partial charge >= 0.3 is 0 Å². The van der Waals surface area contributed by atoms with Crippen LogP contribution in [0.2, 0.25) is 5.02 Å². The normalized spacial score (nSPS) is 16.3. The summed E-state index contributed by atoms with van der Waals surface area (Å²) in [6.45, 7) is 7.24. The second kappa shape index (κ2) is 13.5. The van der Waals surface area contributed by atoms with E-state index in [1.165, 1.54) is 6.08 Å². The van der Waals surface area contributed by atoms with Crippen LogP contribution in [0.3, 0.4) is 0 Å². The van der Waals surface area contributed by atoms with Crippen molar-refractivity contribution in [3.63, 3.8) is 0 Å². The molecule has 2 aliphatic heterocycles. The van der Waals surface area contributed by atoms with Crippen molar-refractivity contribution in [2.45, 2.75) is 24.9 Å². The maximum absolute atomic E-state index is 12.3. The highest BCUT2D eigenvalue weighted by Gasteiger charge is 2.31. The first kappa shape index (κ1) is 30.8. The standard InChI is InChI=1S/C26H37ClN8O2S.H2O/c1-7-24(36)29-20-12-21(23(37-5)13-22(20)34-10-8-17(9-11-34)32(2)3)30-26-28-14-19(27)25(31-26)33(4)18-15-35(16-18)38-6;/h7,12-14,17-18H,1,8-11,15-16H2,2-6H3,(H,29,36)(H,28,30,31);1H2. The minimum atomic E-state index is -0.281. The van der Waals surface area contributed by atoms with Gasteiger partial charge in [0.2, 0.25) is 11.9 Å². The van der Waals surface area contributed by atoms with Crippen LogP contribution < -0.4 is 25.2 Å². The molecule has 0 unspecified atom stereocenters. The first-order chi connectivity index (χ1) is 18.2. The second-order valence-electron chi connectivity index (χ2n) is 9.73. The summed E-state index contributed by atoms with van der Waals surface area (Å²) in [6, 6.07) is 4.68. The van der Waals surface area contributed by atoms with Gasteiger partial charge < -0.3 is 35.5 Å². The number of nitrogens with zero attached hydrogens (tertiary/aromatic N) is 6. The number of methoxy groups -OCH3 is 1. The number of piperidine rings is 1. The molecule has 1 amide bonds. The predicted molar refractivity (Wildman–Crippen MR) is 162 cm³/mol. The molecule has 0 radical (unpaired) electrons. The number of amides is 1. The maximum Gasteiger partial charge on any atom is 0.247 e. The van der Waals surface area contributed by atoms with Gasteiger partial charge in [-0.1, -0.05) is 30.1 Å². The number of aromatic nitrogens is 2. The van der Waals surface area contributed by atoms with Gasteiger partial charge in [0.05, 0.1) is 36.4 Å². The number of rotatable bonds is 10. The average Bonchev–Trinajstić information content (AvgIpc) is 2.89. The summed E-state index contributed by atoms with van der Waals surface area (Å²) in [5.41, 5.74) is 2.20. The van der Waals surface area contributed by atoms with Crippen LogP contribution in [0, 0.1) is 0 Å². The van der Waals surface area contributed by atoms with Gasteiger partial charge in [-0.05, 0) is 45.3 Å². The van der Waals surface area contributed by atoms with E-state index in [4.69, 9.17) is 21.3 Å².